The number of hydrogen-bond donors (Lipinski definition) is 2. The molecule has 0 aliphatic rings. The maximum absolute atomic E-state index is 5.92. The molecule has 0 aliphatic heterocycles. The first-order valence-corrected chi connectivity index (χ1v) is 7.58. The summed E-state index contributed by atoms with van der Waals surface area (Å²) in [5.74, 6) is 0.846. The third-order valence-corrected chi connectivity index (χ3v) is 4.41. The smallest absolute Gasteiger partial charge is 0.00198 e. The van der Waals surface area contributed by atoms with E-state index >= 15 is 0 Å². The molecule has 0 aromatic carbocycles. The van der Waals surface area contributed by atoms with Crippen LogP contribution in [-0.2, 0) is 0 Å². The summed E-state index contributed by atoms with van der Waals surface area (Å²) < 4.78 is 0. The molecule has 2 nitrogen and oxygen atoms in total. The van der Waals surface area contributed by atoms with Crippen LogP contribution in [0.4, 0.5) is 0 Å². The lowest BCUT2D eigenvalue weighted by Gasteiger charge is -2.31. The fourth-order valence-corrected chi connectivity index (χ4v) is 2.35. The molecule has 0 saturated heterocycles. The number of nitrogens with two attached hydrogens (primary N) is 1. The van der Waals surface area contributed by atoms with E-state index in [0.29, 0.717) is 5.41 Å². The minimum absolute atomic E-state index is 0.322. The van der Waals surface area contributed by atoms with Gasteiger partial charge in [0.15, 0.2) is 0 Å². The standard InChI is InChI=1S/C15H34N2/c1-5-9-10-14(6-2)11-17-13-15(7-3,8-4)12-16/h14,17H,5-13,16H2,1-4H3. The molecular formula is C15H34N2. The Bertz CT molecular complexity index is 156. The number of unbranched alkanes of at least 4 members (excludes halogenated alkanes) is 1. The molecule has 0 fully saturated rings. The monoisotopic (exact) mass is 242 g/mol. The Hall–Kier alpha value is -0.0800. The lowest BCUT2D eigenvalue weighted by atomic mass is 9.82. The van der Waals surface area contributed by atoms with E-state index in [-0.39, 0.29) is 0 Å². The highest BCUT2D eigenvalue weighted by molar-refractivity contribution is 4.80. The van der Waals surface area contributed by atoms with Gasteiger partial charge in [0.25, 0.3) is 0 Å². The summed E-state index contributed by atoms with van der Waals surface area (Å²) in [4.78, 5) is 0. The maximum Gasteiger partial charge on any atom is 0.00198 e. The quantitative estimate of drug-likeness (QED) is 0.581. The summed E-state index contributed by atoms with van der Waals surface area (Å²) >= 11 is 0. The summed E-state index contributed by atoms with van der Waals surface area (Å²) in [6.07, 6.45) is 7.70. The van der Waals surface area contributed by atoms with Crippen LogP contribution < -0.4 is 11.1 Å². The Balaban J connectivity index is 3.92. The van der Waals surface area contributed by atoms with E-state index in [1.165, 1.54) is 38.5 Å². The molecule has 0 saturated carbocycles. The minimum atomic E-state index is 0.322. The molecule has 0 amide bonds. The molecule has 0 rings (SSSR count). The van der Waals surface area contributed by atoms with Gasteiger partial charge in [-0.05, 0) is 43.7 Å². The van der Waals surface area contributed by atoms with Crippen LogP contribution in [0.25, 0.3) is 0 Å². The predicted molar refractivity (Wildman–Crippen MR) is 78.2 cm³/mol. The van der Waals surface area contributed by atoms with Crippen molar-refractivity contribution in [2.75, 3.05) is 19.6 Å². The van der Waals surface area contributed by atoms with Gasteiger partial charge < -0.3 is 11.1 Å². The first-order valence-electron chi connectivity index (χ1n) is 7.58. The second-order valence-electron chi connectivity index (χ2n) is 5.46. The SMILES string of the molecule is CCCCC(CC)CNCC(CC)(CC)CN. The third-order valence-electron chi connectivity index (χ3n) is 4.41. The summed E-state index contributed by atoms with van der Waals surface area (Å²) in [7, 11) is 0. The van der Waals surface area contributed by atoms with Crippen LogP contribution >= 0.6 is 0 Å². The van der Waals surface area contributed by atoms with E-state index in [4.69, 9.17) is 5.73 Å². The van der Waals surface area contributed by atoms with E-state index in [1.807, 2.05) is 0 Å². The first kappa shape index (κ1) is 16.9. The topological polar surface area (TPSA) is 38.0 Å². The molecule has 0 radical (unpaired) electrons. The summed E-state index contributed by atoms with van der Waals surface area (Å²) in [6, 6.07) is 0. The van der Waals surface area contributed by atoms with Crippen molar-refractivity contribution in [2.45, 2.75) is 66.2 Å². The normalized spacial score (nSPS) is 13.9. The molecule has 0 aromatic heterocycles. The van der Waals surface area contributed by atoms with E-state index < -0.39 is 0 Å². The van der Waals surface area contributed by atoms with Gasteiger partial charge in [-0.3, -0.25) is 0 Å². The molecule has 0 spiro atoms. The molecule has 1 atom stereocenters. The van der Waals surface area contributed by atoms with E-state index in [1.54, 1.807) is 0 Å². The maximum atomic E-state index is 5.92. The van der Waals surface area contributed by atoms with Crippen molar-refractivity contribution in [2.24, 2.45) is 17.1 Å². The summed E-state index contributed by atoms with van der Waals surface area (Å²) in [6.45, 7) is 12.1. The van der Waals surface area contributed by atoms with Crippen molar-refractivity contribution in [1.29, 1.82) is 0 Å². The zero-order chi connectivity index (χ0) is 13.1. The molecule has 17 heavy (non-hydrogen) atoms. The number of hydrogen-bond acceptors (Lipinski definition) is 2. The minimum Gasteiger partial charge on any atom is -0.330 e. The fourth-order valence-electron chi connectivity index (χ4n) is 2.35. The molecule has 2 heteroatoms. The Morgan fingerprint density at radius 2 is 1.76 bits per heavy atom. The van der Waals surface area contributed by atoms with Crippen molar-refractivity contribution in [1.82, 2.24) is 5.32 Å². The zero-order valence-electron chi connectivity index (χ0n) is 12.5. The van der Waals surface area contributed by atoms with Gasteiger partial charge in [0.1, 0.15) is 0 Å². The summed E-state index contributed by atoms with van der Waals surface area (Å²) in [5, 5.41) is 3.66. The van der Waals surface area contributed by atoms with Crippen molar-refractivity contribution in [3.05, 3.63) is 0 Å². The van der Waals surface area contributed by atoms with Crippen LogP contribution in [0.3, 0.4) is 0 Å². The number of nitrogens with one attached hydrogen (secondary N) is 1. The van der Waals surface area contributed by atoms with Crippen LogP contribution in [0.5, 0.6) is 0 Å². The fraction of sp³-hybridized carbons (Fsp3) is 1.00. The molecule has 3 N–H and O–H groups in total. The lowest BCUT2D eigenvalue weighted by molar-refractivity contribution is 0.250. The Morgan fingerprint density at radius 1 is 1.12 bits per heavy atom. The van der Waals surface area contributed by atoms with Crippen molar-refractivity contribution in [3.63, 3.8) is 0 Å². The van der Waals surface area contributed by atoms with E-state index in [2.05, 4.69) is 33.0 Å². The zero-order valence-corrected chi connectivity index (χ0v) is 12.5. The molecule has 104 valence electrons. The second-order valence-corrected chi connectivity index (χ2v) is 5.46. The Morgan fingerprint density at radius 3 is 2.18 bits per heavy atom. The van der Waals surface area contributed by atoms with Crippen LogP contribution in [0, 0.1) is 11.3 Å². The summed E-state index contributed by atoms with van der Waals surface area (Å²) in [5.41, 5.74) is 6.24. The van der Waals surface area contributed by atoms with Gasteiger partial charge in [0, 0.05) is 6.54 Å². The molecule has 1 unspecified atom stereocenters. The van der Waals surface area contributed by atoms with Gasteiger partial charge >= 0.3 is 0 Å². The predicted octanol–water partition coefficient (Wildman–Crippen LogP) is 3.56. The van der Waals surface area contributed by atoms with E-state index in [9.17, 15) is 0 Å². The van der Waals surface area contributed by atoms with Gasteiger partial charge in [0.2, 0.25) is 0 Å². The first-order chi connectivity index (χ1) is 8.17. The van der Waals surface area contributed by atoms with Crippen molar-refractivity contribution >= 4 is 0 Å². The molecule has 0 bridgehead atoms. The highest BCUT2D eigenvalue weighted by Crippen LogP contribution is 2.23. The van der Waals surface area contributed by atoms with Crippen LogP contribution in [0.1, 0.15) is 66.2 Å². The Kier molecular flexibility index (Phi) is 9.85. The second kappa shape index (κ2) is 9.90. The van der Waals surface area contributed by atoms with Crippen LogP contribution in [-0.4, -0.2) is 19.6 Å². The average Bonchev–Trinajstić information content (AvgIpc) is 2.39. The Labute approximate surface area is 109 Å². The van der Waals surface area contributed by atoms with Gasteiger partial charge in [-0.2, -0.15) is 0 Å². The van der Waals surface area contributed by atoms with Crippen LogP contribution in [0.2, 0.25) is 0 Å². The van der Waals surface area contributed by atoms with Gasteiger partial charge in [-0.15, -0.1) is 0 Å². The highest BCUT2D eigenvalue weighted by Gasteiger charge is 2.23. The largest absolute Gasteiger partial charge is 0.330 e. The lowest BCUT2D eigenvalue weighted by Crippen LogP contribution is -2.41. The van der Waals surface area contributed by atoms with Gasteiger partial charge in [-0.25, -0.2) is 0 Å². The molecular weight excluding hydrogens is 208 g/mol. The third kappa shape index (κ3) is 6.42. The van der Waals surface area contributed by atoms with Crippen LogP contribution in [0.15, 0.2) is 0 Å². The molecule has 0 aliphatic carbocycles. The van der Waals surface area contributed by atoms with E-state index in [0.717, 1.165) is 25.6 Å². The highest BCUT2D eigenvalue weighted by atomic mass is 14.9. The van der Waals surface area contributed by atoms with Gasteiger partial charge in [0.05, 0.1) is 0 Å². The average molecular weight is 242 g/mol. The molecule has 0 heterocycles. The van der Waals surface area contributed by atoms with Crippen molar-refractivity contribution < 1.29 is 0 Å². The van der Waals surface area contributed by atoms with Gasteiger partial charge in [-0.1, -0.05) is 47.0 Å². The number of rotatable bonds is 11. The molecule has 0 aromatic rings. The van der Waals surface area contributed by atoms with Crippen molar-refractivity contribution in [3.8, 4) is 0 Å².